The van der Waals surface area contributed by atoms with Gasteiger partial charge in [-0.25, -0.2) is 17.8 Å². The Morgan fingerprint density at radius 3 is 2.38 bits per heavy atom. The number of hydrogen-bond donors (Lipinski definition) is 1. The maximum Gasteiger partial charge on any atom is 0.244 e. The SMILES string of the molecule is Cc1nn(-c2ccccc2)c(C)c1S(=O)(=O)NCCc1nnc(C)n1C. The van der Waals surface area contributed by atoms with Gasteiger partial charge in [-0.15, -0.1) is 10.2 Å². The first-order chi connectivity index (χ1) is 12.3. The highest BCUT2D eigenvalue weighted by atomic mass is 32.2. The zero-order valence-corrected chi connectivity index (χ0v) is 16.1. The highest BCUT2D eigenvalue weighted by molar-refractivity contribution is 7.89. The van der Waals surface area contributed by atoms with Crippen molar-refractivity contribution in [1.29, 1.82) is 0 Å². The third kappa shape index (κ3) is 3.40. The van der Waals surface area contributed by atoms with E-state index >= 15 is 0 Å². The fraction of sp³-hybridized carbons (Fsp3) is 0.353. The van der Waals surface area contributed by atoms with Crippen molar-refractivity contribution in [2.45, 2.75) is 32.1 Å². The molecule has 0 aliphatic carbocycles. The number of hydrogen-bond acceptors (Lipinski definition) is 5. The smallest absolute Gasteiger partial charge is 0.244 e. The molecular weight excluding hydrogens is 352 g/mol. The molecule has 3 rings (SSSR count). The first kappa shape index (κ1) is 18.3. The second-order valence-corrected chi connectivity index (χ2v) is 7.82. The van der Waals surface area contributed by atoms with Crippen LogP contribution in [0.1, 0.15) is 23.0 Å². The summed E-state index contributed by atoms with van der Waals surface area (Å²) in [4.78, 5) is 0.218. The van der Waals surface area contributed by atoms with E-state index < -0.39 is 10.0 Å². The van der Waals surface area contributed by atoms with E-state index in [4.69, 9.17) is 0 Å². The predicted molar refractivity (Wildman–Crippen MR) is 97.7 cm³/mol. The lowest BCUT2D eigenvalue weighted by molar-refractivity contribution is 0.578. The summed E-state index contributed by atoms with van der Waals surface area (Å²) in [5.74, 6) is 1.53. The lowest BCUT2D eigenvalue weighted by Crippen LogP contribution is -2.27. The molecule has 0 spiro atoms. The molecule has 1 N–H and O–H groups in total. The van der Waals surface area contributed by atoms with E-state index in [0.29, 0.717) is 17.8 Å². The van der Waals surface area contributed by atoms with E-state index in [9.17, 15) is 8.42 Å². The maximum absolute atomic E-state index is 12.8. The Balaban J connectivity index is 1.81. The zero-order chi connectivity index (χ0) is 18.9. The van der Waals surface area contributed by atoms with Gasteiger partial charge in [0, 0.05) is 20.0 Å². The lowest BCUT2D eigenvalue weighted by atomic mass is 10.3. The van der Waals surface area contributed by atoms with Crippen molar-refractivity contribution >= 4 is 10.0 Å². The van der Waals surface area contributed by atoms with Crippen LogP contribution in [0.2, 0.25) is 0 Å². The number of sulfonamides is 1. The van der Waals surface area contributed by atoms with Crippen LogP contribution in [0.25, 0.3) is 5.69 Å². The molecule has 2 heterocycles. The van der Waals surface area contributed by atoms with Gasteiger partial charge in [-0.05, 0) is 32.9 Å². The normalized spacial score (nSPS) is 11.8. The van der Waals surface area contributed by atoms with Crippen molar-refractivity contribution in [2.24, 2.45) is 7.05 Å². The van der Waals surface area contributed by atoms with Gasteiger partial charge in [0.25, 0.3) is 0 Å². The molecule has 2 aromatic heterocycles. The average molecular weight is 374 g/mol. The molecule has 0 saturated carbocycles. The molecule has 3 aromatic rings. The minimum Gasteiger partial charge on any atom is -0.318 e. The molecule has 0 unspecified atom stereocenters. The molecule has 0 fully saturated rings. The molecule has 26 heavy (non-hydrogen) atoms. The van der Waals surface area contributed by atoms with Crippen LogP contribution in [0.15, 0.2) is 35.2 Å². The van der Waals surface area contributed by atoms with Crippen LogP contribution < -0.4 is 4.72 Å². The van der Waals surface area contributed by atoms with Crippen molar-refractivity contribution in [3.63, 3.8) is 0 Å². The summed E-state index contributed by atoms with van der Waals surface area (Å²) in [6.07, 6.45) is 0.460. The molecule has 0 bridgehead atoms. The number of nitrogens with zero attached hydrogens (tertiary/aromatic N) is 5. The molecule has 0 atom stereocenters. The Labute approximate surface area is 152 Å². The summed E-state index contributed by atoms with van der Waals surface area (Å²) in [6.45, 7) is 5.55. The summed E-state index contributed by atoms with van der Waals surface area (Å²) in [7, 11) is -1.82. The standard InChI is InChI=1S/C17H22N6O2S/c1-12-17(13(2)23(21-12)15-8-6-5-7-9-15)26(24,25)18-11-10-16-20-19-14(3)22(16)4/h5-9,18H,10-11H2,1-4H3. The van der Waals surface area contributed by atoms with Gasteiger partial charge in [0.05, 0.1) is 17.1 Å². The Bertz CT molecular complexity index is 1020. The number of aromatic nitrogens is 5. The largest absolute Gasteiger partial charge is 0.318 e. The van der Waals surface area contributed by atoms with Gasteiger partial charge in [-0.1, -0.05) is 18.2 Å². The van der Waals surface area contributed by atoms with Crippen LogP contribution in [-0.2, 0) is 23.5 Å². The van der Waals surface area contributed by atoms with Crippen molar-refractivity contribution < 1.29 is 8.42 Å². The van der Waals surface area contributed by atoms with Crippen LogP contribution in [0.4, 0.5) is 0 Å². The van der Waals surface area contributed by atoms with Crippen molar-refractivity contribution in [2.75, 3.05) is 6.54 Å². The van der Waals surface area contributed by atoms with Gasteiger partial charge < -0.3 is 4.57 Å². The number of para-hydroxylation sites is 1. The Morgan fingerprint density at radius 2 is 1.77 bits per heavy atom. The Morgan fingerprint density at radius 1 is 1.08 bits per heavy atom. The lowest BCUT2D eigenvalue weighted by Gasteiger charge is -2.08. The van der Waals surface area contributed by atoms with Gasteiger partial charge >= 0.3 is 0 Å². The van der Waals surface area contributed by atoms with E-state index in [1.807, 2.05) is 48.9 Å². The quantitative estimate of drug-likeness (QED) is 0.705. The summed E-state index contributed by atoms with van der Waals surface area (Å²) in [6, 6.07) is 9.46. The molecule has 0 aliphatic rings. The van der Waals surface area contributed by atoms with E-state index in [0.717, 1.165) is 17.3 Å². The molecular formula is C17H22N6O2S. The van der Waals surface area contributed by atoms with E-state index in [2.05, 4.69) is 20.0 Å². The van der Waals surface area contributed by atoms with Crippen LogP contribution in [0.3, 0.4) is 0 Å². The van der Waals surface area contributed by atoms with E-state index in [-0.39, 0.29) is 11.4 Å². The average Bonchev–Trinajstić information content (AvgIpc) is 3.09. The van der Waals surface area contributed by atoms with Gasteiger partial charge in [-0.2, -0.15) is 5.10 Å². The summed E-state index contributed by atoms with van der Waals surface area (Å²) in [5, 5.41) is 12.4. The van der Waals surface area contributed by atoms with Crippen molar-refractivity contribution in [3.05, 3.63) is 53.4 Å². The van der Waals surface area contributed by atoms with Crippen LogP contribution in [0, 0.1) is 20.8 Å². The third-order valence-electron chi connectivity index (χ3n) is 4.32. The molecule has 9 heteroatoms. The highest BCUT2D eigenvalue weighted by Gasteiger charge is 2.25. The van der Waals surface area contributed by atoms with Crippen molar-refractivity contribution in [1.82, 2.24) is 29.3 Å². The number of benzene rings is 1. The topological polar surface area (TPSA) is 94.7 Å². The van der Waals surface area contributed by atoms with Gasteiger partial charge in [-0.3, -0.25) is 0 Å². The van der Waals surface area contributed by atoms with Gasteiger partial charge in [0.15, 0.2) is 0 Å². The molecule has 0 amide bonds. The molecule has 8 nitrogen and oxygen atoms in total. The van der Waals surface area contributed by atoms with Crippen LogP contribution >= 0.6 is 0 Å². The second-order valence-electron chi connectivity index (χ2n) is 6.12. The molecule has 1 aromatic carbocycles. The maximum atomic E-state index is 12.8. The molecule has 138 valence electrons. The fourth-order valence-electron chi connectivity index (χ4n) is 2.88. The molecule has 0 aliphatic heterocycles. The number of aryl methyl sites for hydroxylation is 2. The van der Waals surface area contributed by atoms with Gasteiger partial charge in [0.1, 0.15) is 16.5 Å². The molecule has 0 saturated heterocycles. The second kappa shape index (κ2) is 7.00. The van der Waals surface area contributed by atoms with Crippen LogP contribution in [0.5, 0.6) is 0 Å². The first-order valence-electron chi connectivity index (χ1n) is 8.27. The zero-order valence-electron chi connectivity index (χ0n) is 15.3. The predicted octanol–water partition coefficient (Wildman–Crippen LogP) is 1.45. The van der Waals surface area contributed by atoms with Crippen molar-refractivity contribution in [3.8, 4) is 5.69 Å². The monoisotopic (exact) mass is 374 g/mol. The van der Waals surface area contributed by atoms with E-state index in [1.54, 1.807) is 18.5 Å². The number of nitrogens with one attached hydrogen (secondary N) is 1. The van der Waals surface area contributed by atoms with E-state index in [1.165, 1.54) is 0 Å². The first-order valence-corrected chi connectivity index (χ1v) is 9.75. The highest BCUT2D eigenvalue weighted by Crippen LogP contribution is 2.22. The minimum atomic E-state index is -3.68. The third-order valence-corrected chi connectivity index (χ3v) is 6.03. The van der Waals surface area contributed by atoms with Gasteiger partial charge in [0.2, 0.25) is 10.0 Å². The summed E-state index contributed by atoms with van der Waals surface area (Å²) in [5.41, 5.74) is 1.87. The fourth-order valence-corrected chi connectivity index (χ4v) is 4.30. The minimum absolute atomic E-state index is 0.218. The summed E-state index contributed by atoms with van der Waals surface area (Å²) >= 11 is 0. The Kier molecular flexibility index (Phi) is 4.92. The Hall–Kier alpha value is -2.52. The number of rotatable bonds is 6. The summed E-state index contributed by atoms with van der Waals surface area (Å²) < 4.78 is 31.7. The molecule has 0 radical (unpaired) electrons. The van der Waals surface area contributed by atoms with Crippen LogP contribution in [-0.4, -0.2) is 39.5 Å².